The normalized spacial score (nSPS) is 17.1. The van der Waals surface area contributed by atoms with Gasteiger partial charge in [0.2, 0.25) is 11.8 Å². The minimum absolute atomic E-state index is 0.0938. The van der Waals surface area contributed by atoms with Gasteiger partial charge in [0, 0.05) is 17.1 Å². The predicted molar refractivity (Wildman–Crippen MR) is 132 cm³/mol. The summed E-state index contributed by atoms with van der Waals surface area (Å²) in [6, 6.07) is 20.2. The number of benzene rings is 3. The molecule has 3 aromatic rings. The molecule has 1 saturated heterocycles. The third-order valence-corrected chi connectivity index (χ3v) is 6.55. The van der Waals surface area contributed by atoms with E-state index in [1.165, 1.54) is 17.0 Å². The number of carbonyl (C=O) groups excluding carboxylic acids is 2. The number of nitrogens with one attached hydrogen (secondary N) is 1. The molecular formula is C25H19ClF3N3O2S. The van der Waals surface area contributed by atoms with Crippen molar-refractivity contribution in [2.75, 3.05) is 5.32 Å². The Labute approximate surface area is 209 Å². The highest BCUT2D eigenvalue weighted by Gasteiger charge is 2.39. The van der Waals surface area contributed by atoms with Crippen molar-refractivity contribution >= 4 is 51.7 Å². The zero-order chi connectivity index (χ0) is 25.0. The molecule has 1 heterocycles. The van der Waals surface area contributed by atoms with E-state index in [0.29, 0.717) is 15.9 Å². The summed E-state index contributed by atoms with van der Waals surface area (Å²) in [6.07, 6.45) is -4.55. The minimum Gasteiger partial charge on any atom is -0.326 e. The summed E-state index contributed by atoms with van der Waals surface area (Å²) in [7, 11) is 0. The lowest BCUT2D eigenvalue weighted by Gasteiger charge is -2.16. The number of halogens is 4. The summed E-state index contributed by atoms with van der Waals surface area (Å²) in [4.78, 5) is 31.7. The monoisotopic (exact) mass is 517 g/mol. The van der Waals surface area contributed by atoms with Gasteiger partial charge < -0.3 is 5.32 Å². The molecular weight excluding hydrogens is 499 g/mol. The van der Waals surface area contributed by atoms with E-state index in [0.717, 1.165) is 29.5 Å². The van der Waals surface area contributed by atoms with Crippen molar-refractivity contribution in [1.82, 2.24) is 4.90 Å². The van der Waals surface area contributed by atoms with Crippen molar-refractivity contribution in [3.63, 3.8) is 0 Å². The maximum absolute atomic E-state index is 13.2. The summed E-state index contributed by atoms with van der Waals surface area (Å²) in [5.74, 6) is -0.649. The molecule has 0 aromatic heterocycles. The minimum atomic E-state index is -4.45. The molecule has 1 fully saturated rings. The van der Waals surface area contributed by atoms with Crippen LogP contribution in [0.15, 0.2) is 83.9 Å². The van der Waals surface area contributed by atoms with Crippen molar-refractivity contribution < 1.29 is 22.8 Å². The predicted octanol–water partition coefficient (Wildman–Crippen LogP) is 6.52. The van der Waals surface area contributed by atoms with Crippen molar-refractivity contribution in [3.8, 4) is 0 Å². The first kappa shape index (κ1) is 24.8. The molecule has 0 saturated carbocycles. The van der Waals surface area contributed by atoms with Gasteiger partial charge in [0.1, 0.15) is 5.25 Å². The molecule has 0 radical (unpaired) electrons. The third-order valence-electron chi connectivity index (χ3n) is 5.12. The first-order valence-electron chi connectivity index (χ1n) is 10.5. The standard InChI is InChI=1S/C25H19ClF3N3O2S/c26-18-8-12-19(13-9-18)30-22(33)14-21-23(34)32(15-16-4-2-1-3-5-16)24(35-21)31-20-10-6-17(7-11-20)25(27,28)29/h1-13,21H,14-15H2,(H,30,33). The van der Waals surface area contributed by atoms with Crippen LogP contribution < -0.4 is 5.32 Å². The fourth-order valence-electron chi connectivity index (χ4n) is 3.39. The van der Waals surface area contributed by atoms with Gasteiger partial charge in [0.25, 0.3) is 0 Å². The number of amides is 2. The van der Waals surface area contributed by atoms with Gasteiger partial charge in [-0.05, 0) is 54.1 Å². The van der Waals surface area contributed by atoms with Gasteiger partial charge in [0.05, 0.1) is 17.8 Å². The molecule has 0 bridgehead atoms. The van der Waals surface area contributed by atoms with Crippen LogP contribution in [0.25, 0.3) is 0 Å². The quantitative estimate of drug-likeness (QED) is 0.405. The van der Waals surface area contributed by atoms with Crippen LogP contribution in [0.1, 0.15) is 17.5 Å². The number of carbonyl (C=O) groups is 2. The van der Waals surface area contributed by atoms with E-state index in [-0.39, 0.29) is 30.5 Å². The largest absolute Gasteiger partial charge is 0.416 e. The van der Waals surface area contributed by atoms with Crippen LogP contribution in [0.4, 0.5) is 24.5 Å². The Kier molecular flexibility index (Phi) is 7.47. The van der Waals surface area contributed by atoms with Crippen molar-refractivity contribution in [2.24, 2.45) is 4.99 Å². The highest BCUT2D eigenvalue weighted by molar-refractivity contribution is 8.15. The molecule has 1 N–H and O–H groups in total. The second kappa shape index (κ2) is 10.5. The van der Waals surface area contributed by atoms with Crippen LogP contribution >= 0.6 is 23.4 Å². The smallest absolute Gasteiger partial charge is 0.326 e. The van der Waals surface area contributed by atoms with E-state index in [4.69, 9.17) is 11.6 Å². The number of hydrogen-bond acceptors (Lipinski definition) is 4. The van der Waals surface area contributed by atoms with Gasteiger partial charge in [-0.25, -0.2) is 4.99 Å². The number of rotatable bonds is 6. The molecule has 5 nitrogen and oxygen atoms in total. The van der Waals surface area contributed by atoms with E-state index in [1.54, 1.807) is 24.3 Å². The number of thioether (sulfide) groups is 1. The topological polar surface area (TPSA) is 61.8 Å². The fourth-order valence-corrected chi connectivity index (χ4v) is 4.67. The second-order valence-electron chi connectivity index (χ2n) is 7.71. The van der Waals surface area contributed by atoms with Crippen LogP contribution in [0.2, 0.25) is 5.02 Å². The SMILES string of the molecule is O=C(CC1SC(=Nc2ccc(C(F)(F)F)cc2)N(Cc2ccccc2)C1=O)Nc1ccc(Cl)cc1. The average molecular weight is 518 g/mol. The lowest BCUT2D eigenvalue weighted by Crippen LogP contribution is -2.33. The van der Waals surface area contributed by atoms with Gasteiger partial charge in [-0.15, -0.1) is 0 Å². The van der Waals surface area contributed by atoms with Gasteiger partial charge in [-0.1, -0.05) is 53.7 Å². The molecule has 1 unspecified atom stereocenters. The maximum atomic E-state index is 13.2. The van der Waals surface area contributed by atoms with Gasteiger partial charge in [-0.2, -0.15) is 13.2 Å². The van der Waals surface area contributed by atoms with Crippen LogP contribution in [0, 0.1) is 0 Å². The van der Waals surface area contributed by atoms with E-state index in [9.17, 15) is 22.8 Å². The molecule has 1 atom stereocenters. The number of nitrogens with zero attached hydrogens (tertiary/aromatic N) is 2. The van der Waals surface area contributed by atoms with E-state index in [1.807, 2.05) is 30.3 Å². The molecule has 1 aliphatic heterocycles. The molecule has 4 rings (SSSR count). The lowest BCUT2D eigenvalue weighted by molar-refractivity contribution is -0.137. The summed E-state index contributed by atoms with van der Waals surface area (Å²) in [5.41, 5.74) is 0.898. The number of hydrogen-bond donors (Lipinski definition) is 1. The zero-order valence-electron chi connectivity index (χ0n) is 18.1. The Hall–Kier alpha value is -3.30. The van der Waals surface area contributed by atoms with Crippen molar-refractivity contribution in [2.45, 2.75) is 24.4 Å². The molecule has 180 valence electrons. The Balaban J connectivity index is 1.54. The molecule has 35 heavy (non-hydrogen) atoms. The summed E-state index contributed by atoms with van der Waals surface area (Å²) in [5, 5.41) is 2.87. The Morgan fingerprint density at radius 2 is 1.66 bits per heavy atom. The van der Waals surface area contributed by atoms with E-state index >= 15 is 0 Å². The van der Waals surface area contributed by atoms with Crippen LogP contribution in [-0.4, -0.2) is 27.1 Å². The summed E-state index contributed by atoms with van der Waals surface area (Å²) >= 11 is 6.98. The summed E-state index contributed by atoms with van der Waals surface area (Å²) < 4.78 is 38.7. The number of aliphatic imine (C=N–C) groups is 1. The maximum Gasteiger partial charge on any atom is 0.416 e. The number of amidine groups is 1. The first-order chi connectivity index (χ1) is 16.7. The van der Waals surface area contributed by atoms with Crippen LogP contribution in [0.5, 0.6) is 0 Å². The molecule has 1 aliphatic rings. The van der Waals surface area contributed by atoms with Crippen molar-refractivity contribution in [1.29, 1.82) is 0 Å². The van der Waals surface area contributed by atoms with Crippen molar-refractivity contribution in [3.05, 3.63) is 95.0 Å². The summed E-state index contributed by atoms with van der Waals surface area (Å²) in [6.45, 7) is 0.224. The molecule has 10 heteroatoms. The first-order valence-corrected chi connectivity index (χ1v) is 11.8. The van der Waals surface area contributed by atoms with E-state index in [2.05, 4.69) is 10.3 Å². The molecule has 0 aliphatic carbocycles. The van der Waals surface area contributed by atoms with Gasteiger partial charge >= 0.3 is 6.18 Å². The highest BCUT2D eigenvalue weighted by atomic mass is 35.5. The number of alkyl halides is 3. The average Bonchev–Trinajstić information content (AvgIpc) is 3.09. The third kappa shape index (κ3) is 6.43. The van der Waals surface area contributed by atoms with Gasteiger partial charge in [-0.3, -0.25) is 14.5 Å². The second-order valence-corrected chi connectivity index (χ2v) is 9.32. The fraction of sp³-hybridized carbons (Fsp3) is 0.160. The molecule has 3 aromatic carbocycles. The Morgan fingerprint density at radius 1 is 1.00 bits per heavy atom. The van der Waals surface area contributed by atoms with Crippen LogP contribution in [0.3, 0.4) is 0 Å². The lowest BCUT2D eigenvalue weighted by atomic mass is 10.2. The molecule has 0 spiro atoms. The highest BCUT2D eigenvalue weighted by Crippen LogP contribution is 2.34. The van der Waals surface area contributed by atoms with E-state index < -0.39 is 17.0 Å². The zero-order valence-corrected chi connectivity index (χ0v) is 19.7. The Bertz CT molecular complexity index is 1230. The van der Waals surface area contributed by atoms with Crippen LogP contribution in [-0.2, 0) is 22.3 Å². The number of anilines is 1. The molecule has 2 amide bonds. The van der Waals surface area contributed by atoms with Gasteiger partial charge in [0.15, 0.2) is 5.17 Å². The Morgan fingerprint density at radius 3 is 2.29 bits per heavy atom.